The Labute approximate surface area is 93.3 Å². The van der Waals surface area contributed by atoms with Crippen molar-refractivity contribution < 1.29 is 0 Å². The Morgan fingerprint density at radius 1 is 1.13 bits per heavy atom. The largest absolute Gasteiger partial charge is 0.375 e. The minimum Gasteiger partial charge on any atom is -0.375 e. The molecule has 0 radical (unpaired) electrons. The van der Waals surface area contributed by atoms with Gasteiger partial charge in [0.1, 0.15) is 0 Å². The van der Waals surface area contributed by atoms with Gasteiger partial charge < -0.3 is 10.2 Å². The minimum absolute atomic E-state index is 1.11. The highest BCUT2D eigenvalue weighted by atomic mass is 15.1. The molecule has 0 amide bonds. The fourth-order valence-corrected chi connectivity index (χ4v) is 1.55. The first-order valence-electron chi connectivity index (χ1n) is 5.81. The van der Waals surface area contributed by atoms with E-state index in [1.165, 1.54) is 18.5 Å². The molecule has 0 bridgehead atoms. The summed E-state index contributed by atoms with van der Waals surface area (Å²) in [5, 5.41) is 3.42. The smallest absolute Gasteiger partial charge is 0.0363 e. The zero-order valence-electron chi connectivity index (χ0n) is 9.87. The molecule has 0 fully saturated rings. The van der Waals surface area contributed by atoms with Crippen LogP contribution in [0.2, 0.25) is 0 Å². The van der Waals surface area contributed by atoms with Crippen molar-refractivity contribution in [3.05, 3.63) is 30.3 Å². The maximum absolute atomic E-state index is 3.42. The van der Waals surface area contributed by atoms with E-state index < -0.39 is 0 Å². The molecule has 0 spiro atoms. The van der Waals surface area contributed by atoms with Gasteiger partial charge >= 0.3 is 0 Å². The summed E-state index contributed by atoms with van der Waals surface area (Å²) in [5.74, 6) is 0. The predicted octanol–water partition coefficient (Wildman–Crippen LogP) is 2.51. The second-order valence-corrected chi connectivity index (χ2v) is 3.86. The van der Waals surface area contributed by atoms with Crippen LogP contribution >= 0.6 is 0 Å². The quantitative estimate of drug-likeness (QED) is 0.690. The molecular formula is C13H22N2. The molecule has 0 heterocycles. The van der Waals surface area contributed by atoms with Crippen LogP contribution in [0.4, 0.5) is 5.69 Å². The zero-order valence-corrected chi connectivity index (χ0v) is 9.87. The van der Waals surface area contributed by atoms with Crippen LogP contribution in [-0.4, -0.2) is 26.7 Å². The van der Waals surface area contributed by atoms with Gasteiger partial charge in [-0.15, -0.1) is 0 Å². The average molecular weight is 206 g/mol. The standard InChI is InChI=1S/C13H22N2/c1-3-10-14-11-7-12-15(2)13-8-5-4-6-9-13/h4-6,8-9,14H,3,7,10-12H2,1-2H3. The summed E-state index contributed by atoms with van der Waals surface area (Å²) in [6, 6.07) is 10.5. The van der Waals surface area contributed by atoms with Crippen molar-refractivity contribution in [3.8, 4) is 0 Å². The van der Waals surface area contributed by atoms with E-state index in [1.807, 2.05) is 0 Å². The molecule has 84 valence electrons. The first-order valence-corrected chi connectivity index (χ1v) is 5.81. The third kappa shape index (κ3) is 4.84. The lowest BCUT2D eigenvalue weighted by Crippen LogP contribution is -2.24. The van der Waals surface area contributed by atoms with Crippen molar-refractivity contribution in [2.45, 2.75) is 19.8 Å². The van der Waals surface area contributed by atoms with E-state index in [0.717, 1.165) is 19.6 Å². The minimum atomic E-state index is 1.11. The number of benzene rings is 1. The van der Waals surface area contributed by atoms with Crippen LogP contribution in [0.3, 0.4) is 0 Å². The van der Waals surface area contributed by atoms with Gasteiger partial charge in [-0.3, -0.25) is 0 Å². The van der Waals surface area contributed by atoms with Crippen LogP contribution in [0.1, 0.15) is 19.8 Å². The second-order valence-electron chi connectivity index (χ2n) is 3.86. The maximum Gasteiger partial charge on any atom is 0.0363 e. The number of hydrogen-bond donors (Lipinski definition) is 1. The number of nitrogens with one attached hydrogen (secondary N) is 1. The summed E-state index contributed by atoms with van der Waals surface area (Å²) < 4.78 is 0. The highest BCUT2D eigenvalue weighted by molar-refractivity contribution is 5.44. The van der Waals surface area contributed by atoms with E-state index in [2.05, 4.69) is 54.5 Å². The molecule has 0 aliphatic rings. The first-order chi connectivity index (χ1) is 7.34. The summed E-state index contributed by atoms with van der Waals surface area (Å²) in [6.07, 6.45) is 2.42. The van der Waals surface area contributed by atoms with Crippen LogP contribution in [0.25, 0.3) is 0 Å². The van der Waals surface area contributed by atoms with Crippen LogP contribution in [0.5, 0.6) is 0 Å². The number of rotatable bonds is 7. The van der Waals surface area contributed by atoms with Crippen molar-refractivity contribution in [1.29, 1.82) is 0 Å². The van der Waals surface area contributed by atoms with Gasteiger partial charge in [-0.05, 0) is 38.1 Å². The SMILES string of the molecule is CCCNCCCN(C)c1ccccc1. The summed E-state index contributed by atoms with van der Waals surface area (Å²) in [6.45, 7) is 5.56. The lowest BCUT2D eigenvalue weighted by atomic mass is 10.3. The van der Waals surface area contributed by atoms with Crippen molar-refractivity contribution in [3.63, 3.8) is 0 Å². The lowest BCUT2D eigenvalue weighted by Gasteiger charge is -2.19. The summed E-state index contributed by atoms with van der Waals surface area (Å²) in [5.41, 5.74) is 1.30. The first kappa shape index (κ1) is 12.1. The Morgan fingerprint density at radius 2 is 1.87 bits per heavy atom. The fraction of sp³-hybridized carbons (Fsp3) is 0.538. The van der Waals surface area contributed by atoms with E-state index in [0.29, 0.717) is 0 Å². The molecule has 0 aliphatic heterocycles. The molecule has 0 unspecified atom stereocenters. The molecule has 0 atom stereocenters. The zero-order chi connectivity index (χ0) is 10.9. The Morgan fingerprint density at radius 3 is 2.53 bits per heavy atom. The van der Waals surface area contributed by atoms with Gasteiger partial charge in [0.25, 0.3) is 0 Å². The molecule has 0 saturated heterocycles. The summed E-state index contributed by atoms with van der Waals surface area (Å²) >= 11 is 0. The number of nitrogens with zero attached hydrogens (tertiary/aromatic N) is 1. The van der Waals surface area contributed by atoms with E-state index in [4.69, 9.17) is 0 Å². The molecule has 2 nitrogen and oxygen atoms in total. The van der Waals surface area contributed by atoms with Gasteiger partial charge in [0.2, 0.25) is 0 Å². The van der Waals surface area contributed by atoms with Crippen molar-refractivity contribution >= 4 is 5.69 Å². The molecule has 0 aliphatic carbocycles. The van der Waals surface area contributed by atoms with Gasteiger partial charge in [-0.1, -0.05) is 25.1 Å². The molecule has 15 heavy (non-hydrogen) atoms. The summed E-state index contributed by atoms with van der Waals surface area (Å²) in [4.78, 5) is 2.30. The molecule has 1 N–H and O–H groups in total. The van der Waals surface area contributed by atoms with Gasteiger partial charge in [0, 0.05) is 19.3 Å². The van der Waals surface area contributed by atoms with Crippen molar-refractivity contribution in [1.82, 2.24) is 5.32 Å². The van der Waals surface area contributed by atoms with E-state index in [-0.39, 0.29) is 0 Å². The number of para-hydroxylation sites is 1. The maximum atomic E-state index is 3.42. The molecular weight excluding hydrogens is 184 g/mol. The Bertz CT molecular complexity index is 246. The third-order valence-corrected chi connectivity index (χ3v) is 2.47. The van der Waals surface area contributed by atoms with E-state index >= 15 is 0 Å². The van der Waals surface area contributed by atoms with Gasteiger partial charge in [-0.2, -0.15) is 0 Å². The topological polar surface area (TPSA) is 15.3 Å². The monoisotopic (exact) mass is 206 g/mol. The van der Waals surface area contributed by atoms with Crippen molar-refractivity contribution in [2.24, 2.45) is 0 Å². The highest BCUT2D eigenvalue weighted by Gasteiger charge is 1.98. The van der Waals surface area contributed by atoms with Crippen LogP contribution in [0.15, 0.2) is 30.3 Å². The molecule has 1 aromatic carbocycles. The second kappa shape index (κ2) is 7.30. The van der Waals surface area contributed by atoms with Crippen LogP contribution in [-0.2, 0) is 0 Å². The Kier molecular flexibility index (Phi) is 5.86. The normalized spacial score (nSPS) is 10.3. The Hall–Kier alpha value is -1.02. The van der Waals surface area contributed by atoms with Gasteiger partial charge in [0.05, 0.1) is 0 Å². The molecule has 1 aromatic rings. The molecule has 1 rings (SSSR count). The van der Waals surface area contributed by atoms with Gasteiger partial charge in [-0.25, -0.2) is 0 Å². The number of hydrogen-bond acceptors (Lipinski definition) is 2. The average Bonchev–Trinajstić information content (AvgIpc) is 2.30. The van der Waals surface area contributed by atoms with E-state index in [9.17, 15) is 0 Å². The third-order valence-electron chi connectivity index (χ3n) is 2.47. The van der Waals surface area contributed by atoms with Crippen molar-refractivity contribution in [2.75, 3.05) is 31.6 Å². The molecule has 2 heteroatoms. The van der Waals surface area contributed by atoms with Crippen LogP contribution < -0.4 is 10.2 Å². The van der Waals surface area contributed by atoms with E-state index in [1.54, 1.807) is 0 Å². The highest BCUT2D eigenvalue weighted by Crippen LogP contribution is 2.10. The molecule has 0 saturated carbocycles. The number of anilines is 1. The Balaban J connectivity index is 2.16. The lowest BCUT2D eigenvalue weighted by molar-refractivity contribution is 0.637. The van der Waals surface area contributed by atoms with Gasteiger partial charge in [0.15, 0.2) is 0 Å². The predicted molar refractivity (Wildman–Crippen MR) is 67.5 cm³/mol. The summed E-state index contributed by atoms with van der Waals surface area (Å²) in [7, 11) is 2.15. The fourth-order valence-electron chi connectivity index (χ4n) is 1.55. The van der Waals surface area contributed by atoms with Crippen LogP contribution in [0, 0.1) is 0 Å². The molecule has 0 aromatic heterocycles.